The van der Waals surface area contributed by atoms with Crippen LogP contribution >= 0.6 is 0 Å². The summed E-state index contributed by atoms with van der Waals surface area (Å²) in [6, 6.07) is 10.2. The number of hydrogen-bond acceptors (Lipinski definition) is 4. The molecule has 0 bridgehead atoms. The summed E-state index contributed by atoms with van der Waals surface area (Å²) in [6.07, 6.45) is 1.50. The van der Waals surface area contributed by atoms with E-state index in [1.165, 1.54) is 34.6 Å². The van der Waals surface area contributed by atoms with Gasteiger partial charge in [-0.25, -0.2) is 8.42 Å². The smallest absolute Gasteiger partial charge is 0.263 e. The first-order valence-corrected chi connectivity index (χ1v) is 8.66. The van der Waals surface area contributed by atoms with E-state index in [-0.39, 0.29) is 17.1 Å². The Balaban J connectivity index is 2.50. The number of non-ortho nitro benzene ring substituents is 1. The van der Waals surface area contributed by atoms with E-state index in [1.807, 2.05) is 19.9 Å². The molecule has 0 radical (unpaired) electrons. The summed E-state index contributed by atoms with van der Waals surface area (Å²) < 4.78 is 27.0. The van der Waals surface area contributed by atoms with E-state index in [2.05, 4.69) is 6.58 Å². The molecule has 24 heavy (non-hydrogen) atoms. The zero-order valence-electron chi connectivity index (χ0n) is 13.5. The molecule has 0 N–H and O–H groups in total. The lowest BCUT2D eigenvalue weighted by Gasteiger charge is -2.24. The minimum Gasteiger partial charge on any atom is -0.263 e. The Bertz CT molecular complexity index is 874. The van der Waals surface area contributed by atoms with Crippen LogP contribution in [0.1, 0.15) is 11.1 Å². The summed E-state index contributed by atoms with van der Waals surface area (Å²) in [5.74, 6) is 0. The molecule has 2 aromatic rings. The van der Waals surface area contributed by atoms with E-state index in [1.54, 1.807) is 12.1 Å². The molecule has 0 atom stereocenters. The fraction of sp³-hybridized carbons (Fsp3) is 0.176. The quantitative estimate of drug-likeness (QED) is 0.455. The summed E-state index contributed by atoms with van der Waals surface area (Å²) in [4.78, 5) is 10.1. The molecular formula is C17H18N2O4S. The van der Waals surface area contributed by atoms with Crippen molar-refractivity contribution in [3.63, 3.8) is 0 Å². The molecule has 2 rings (SSSR count). The van der Waals surface area contributed by atoms with Crippen LogP contribution in [0.5, 0.6) is 0 Å². The Labute approximate surface area is 141 Å². The average Bonchev–Trinajstić information content (AvgIpc) is 2.55. The van der Waals surface area contributed by atoms with Gasteiger partial charge in [-0.05, 0) is 49.2 Å². The lowest BCUT2D eigenvalue weighted by molar-refractivity contribution is -0.384. The Morgan fingerprint density at radius 2 is 1.75 bits per heavy atom. The normalized spacial score (nSPS) is 11.1. The number of benzene rings is 2. The molecule has 2 aromatic carbocycles. The first kappa shape index (κ1) is 17.7. The van der Waals surface area contributed by atoms with Crippen LogP contribution in [0.4, 0.5) is 11.4 Å². The SMILES string of the molecule is C=CCN(c1ccc(C)c(C)c1)S(=O)(=O)c1ccc([N+](=O)[O-])cc1. The van der Waals surface area contributed by atoms with Gasteiger partial charge in [-0.3, -0.25) is 14.4 Å². The van der Waals surface area contributed by atoms with E-state index in [4.69, 9.17) is 0 Å². The van der Waals surface area contributed by atoms with Gasteiger partial charge in [0, 0.05) is 12.1 Å². The lowest BCUT2D eigenvalue weighted by atomic mass is 10.1. The molecular weight excluding hydrogens is 328 g/mol. The van der Waals surface area contributed by atoms with E-state index >= 15 is 0 Å². The maximum Gasteiger partial charge on any atom is 0.269 e. The molecule has 0 aliphatic rings. The summed E-state index contributed by atoms with van der Waals surface area (Å²) >= 11 is 0. The maximum absolute atomic E-state index is 12.9. The number of aryl methyl sites for hydroxylation is 2. The van der Waals surface area contributed by atoms with Crippen molar-refractivity contribution >= 4 is 21.4 Å². The van der Waals surface area contributed by atoms with Crippen molar-refractivity contribution in [2.75, 3.05) is 10.8 Å². The molecule has 0 saturated carbocycles. The van der Waals surface area contributed by atoms with Crippen molar-refractivity contribution in [1.82, 2.24) is 0 Å². The lowest BCUT2D eigenvalue weighted by Crippen LogP contribution is -2.31. The number of nitrogens with zero attached hydrogens (tertiary/aromatic N) is 2. The Kier molecular flexibility index (Phi) is 5.04. The van der Waals surface area contributed by atoms with Gasteiger partial charge in [0.25, 0.3) is 15.7 Å². The minimum absolute atomic E-state index is 0.00632. The van der Waals surface area contributed by atoms with E-state index in [0.29, 0.717) is 5.69 Å². The van der Waals surface area contributed by atoms with Crippen LogP contribution in [0.25, 0.3) is 0 Å². The van der Waals surface area contributed by atoms with Gasteiger partial charge in [0.15, 0.2) is 0 Å². The standard InChI is InChI=1S/C17H18N2O4S/c1-4-11-18(16-6-5-13(2)14(3)12-16)24(22,23)17-9-7-15(8-10-17)19(20)21/h4-10,12H,1,11H2,2-3H3. The number of nitro groups is 1. The zero-order valence-corrected chi connectivity index (χ0v) is 14.3. The number of nitro benzene ring substituents is 1. The topological polar surface area (TPSA) is 80.5 Å². The molecule has 0 unspecified atom stereocenters. The third kappa shape index (κ3) is 3.46. The van der Waals surface area contributed by atoms with Crippen LogP contribution < -0.4 is 4.31 Å². The second-order valence-electron chi connectivity index (χ2n) is 5.34. The van der Waals surface area contributed by atoms with Gasteiger partial charge in [-0.2, -0.15) is 0 Å². The van der Waals surface area contributed by atoms with Crippen molar-refractivity contribution in [1.29, 1.82) is 0 Å². The average molecular weight is 346 g/mol. The molecule has 0 saturated heterocycles. The predicted molar refractivity (Wildman–Crippen MR) is 93.7 cm³/mol. The fourth-order valence-electron chi connectivity index (χ4n) is 2.21. The van der Waals surface area contributed by atoms with Gasteiger partial charge in [-0.1, -0.05) is 12.1 Å². The highest BCUT2D eigenvalue weighted by Crippen LogP contribution is 2.26. The van der Waals surface area contributed by atoms with Crippen LogP contribution in [0, 0.1) is 24.0 Å². The third-order valence-corrected chi connectivity index (χ3v) is 5.52. The highest BCUT2D eigenvalue weighted by Gasteiger charge is 2.25. The third-order valence-electron chi connectivity index (χ3n) is 3.71. The zero-order chi connectivity index (χ0) is 17.9. The first-order valence-electron chi connectivity index (χ1n) is 7.22. The predicted octanol–water partition coefficient (Wildman–Crippen LogP) is 3.59. The molecule has 0 aliphatic carbocycles. The number of hydrogen-bond donors (Lipinski definition) is 0. The van der Waals surface area contributed by atoms with Crippen LogP contribution in [-0.4, -0.2) is 19.9 Å². The summed E-state index contributed by atoms with van der Waals surface area (Å²) in [5.41, 5.74) is 2.40. The maximum atomic E-state index is 12.9. The summed E-state index contributed by atoms with van der Waals surface area (Å²) in [5, 5.41) is 10.7. The molecule has 6 nitrogen and oxygen atoms in total. The molecule has 0 spiro atoms. The van der Waals surface area contributed by atoms with Crippen LogP contribution in [0.15, 0.2) is 60.0 Å². The second kappa shape index (κ2) is 6.84. The summed E-state index contributed by atoms with van der Waals surface area (Å²) in [7, 11) is -3.85. The highest BCUT2D eigenvalue weighted by atomic mass is 32.2. The van der Waals surface area contributed by atoms with E-state index in [0.717, 1.165) is 11.1 Å². The summed E-state index contributed by atoms with van der Waals surface area (Å²) in [6.45, 7) is 7.57. The van der Waals surface area contributed by atoms with Gasteiger partial charge in [0.1, 0.15) is 0 Å². The van der Waals surface area contributed by atoms with Crippen molar-refractivity contribution in [2.24, 2.45) is 0 Å². The molecule has 0 amide bonds. The van der Waals surface area contributed by atoms with Gasteiger partial charge < -0.3 is 0 Å². The molecule has 0 aromatic heterocycles. The number of anilines is 1. The van der Waals surface area contributed by atoms with Gasteiger partial charge in [-0.15, -0.1) is 6.58 Å². The largest absolute Gasteiger partial charge is 0.269 e. The number of rotatable bonds is 6. The highest BCUT2D eigenvalue weighted by molar-refractivity contribution is 7.92. The van der Waals surface area contributed by atoms with E-state index in [9.17, 15) is 18.5 Å². The monoisotopic (exact) mass is 346 g/mol. The fourth-order valence-corrected chi connectivity index (χ4v) is 3.63. The van der Waals surface area contributed by atoms with Gasteiger partial charge >= 0.3 is 0 Å². The van der Waals surface area contributed by atoms with Crippen molar-refractivity contribution in [3.8, 4) is 0 Å². The molecule has 126 valence electrons. The van der Waals surface area contributed by atoms with Crippen LogP contribution in [0.2, 0.25) is 0 Å². The Morgan fingerprint density at radius 1 is 1.12 bits per heavy atom. The van der Waals surface area contributed by atoms with Gasteiger partial charge in [0.05, 0.1) is 22.1 Å². The molecule has 7 heteroatoms. The molecule has 0 fully saturated rings. The van der Waals surface area contributed by atoms with Crippen LogP contribution in [-0.2, 0) is 10.0 Å². The second-order valence-corrected chi connectivity index (χ2v) is 7.21. The van der Waals surface area contributed by atoms with Gasteiger partial charge in [0.2, 0.25) is 0 Å². The number of sulfonamides is 1. The molecule has 0 aliphatic heterocycles. The van der Waals surface area contributed by atoms with Crippen molar-refractivity contribution in [2.45, 2.75) is 18.7 Å². The first-order chi connectivity index (χ1) is 11.3. The molecule has 0 heterocycles. The Morgan fingerprint density at radius 3 is 2.25 bits per heavy atom. The van der Waals surface area contributed by atoms with E-state index < -0.39 is 14.9 Å². The Hall–Kier alpha value is -2.67. The van der Waals surface area contributed by atoms with Crippen molar-refractivity contribution in [3.05, 3.63) is 76.4 Å². The van der Waals surface area contributed by atoms with Crippen molar-refractivity contribution < 1.29 is 13.3 Å². The van der Waals surface area contributed by atoms with Crippen LogP contribution in [0.3, 0.4) is 0 Å². The minimum atomic E-state index is -3.85.